The van der Waals surface area contributed by atoms with Crippen molar-refractivity contribution in [2.45, 2.75) is 32.8 Å². The molecule has 0 saturated carbocycles. The molecule has 0 bridgehead atoms. The summed E-state index contributed by atoms with van der Waals surface area (Å²) in [5.74, 6) is 0. The van der Waals surface area contributed by atoms with E-state index in [9.17, 15) is 5.11 Å². The molecule has 1 rings (SSSR count). The van der Waals surface area contributed by atoms with Crippen LogP contribution in [0.15, 0.2) is 23.6 Å². The molecule has 0 aliphatic rings. The van der Waals surface area contributed by atoms with Crippen molar-refractivity contribution in [3.63, 3.8) is 0 Å². The number of aryl methyl sites for hydroxylation is 1. The van der Waals surface area contributed by atoms with Crippen LogP contribution < -0.4 is 0 Å². The van der Waals surface area contributed by atoms with Gasteiger partial charge < -0.3 is 5.11 Å². The number of aliphatic hydroxyl groups is 1. The minimum absolute atomic E-state index is 0.309. The average Bonchev–Trinajstić information content (AvgIpc) is 2.47. The molecule has 0 aliphatic heterocycles. The summed E-state index contributed by atoms with van der Waals surface area (Å²) in [6, 6.07) is 2.05. The van der Waals surface area contributed by atoms with Gasteiger partial charge in [0.15, 0.2) is 0 Å². The minimum atomic E-state index is -0.309. The minimum Gasteiger partial charge on any atom is -0.388 e. The predicted octanol–water partition coefficient (Wildman–Crippen LogP) is 3.45. The molecule has 0 fully saturated rings. The SMILES string of the molecule is C=C(C)CCC(O)c1sccc1C. The Labute approximate surface area is 83.7 Å². The highest BCUT2D eigenvalue weighted by Crippen LogP contribution is 2.27. The fraction of sp³-hybridized carbons (Fsp3) is 0.455. The molecule has 0 radical (unpaired) electrons. The van der Waals surface area contributed by atoms with Crippen LogP contribution in [-0.4, -0.2) is 5.11 Å². The van der Waals surface area contributed by atoms with Crippen molar-refractivity contribution in [1.82, 2.24) is 0 Å². The standard InChI is InChI=1S/C11H16OS/c1-8(2)4-5-10(12)11-9(3)6-7-13-11/h6-7,10,12H,1,4-5H2,2-3H3. The van der Waals surface area contributed by atoms with Crippen LogP contribution in [-0.2, 0) is 0 Å². The van der Waals surface area contributed by atoms with Crippen molar-refractivity contribution >= 4 is 11.3 Å². The fourth-order valence-corrected chi connectivity index (χ4v) is 2.19. The number of aliphatic hydroxyl groups excluding tert-OH is 1. The maximum absolute atomic E-state index is 9.81. The zero-order chi connectivity index (χ0) is 9.84. The normalized spacial score (nSPS) is 12.8. The van der Waals surface area contributed by atoms with Crippen LogP contribution >= 0.6 is 11.3 Å². The lowest BCUT2D eigenvalue weighted by Gasteiger charge is -2.09. The summed E-state index contributed by atoms with van der Waals surface area (Å²) in [5, 5.41) is 11.8. The van der Waals surface area contributed by atoms with Gasteiger partial charge in [-0.2, -0.15) is 0 Å². The van der Waals surface area contributed by atoms with E-state index < -0.39 is 0 Å². The highest BCUT2D eigenvalue weighted by molar-refractivity contribution is 7.10. The second-order valence-electron chi connectivity index (χ2n) is 3.48. The van der Waals surface area contributed by atoms with Crippen molar-refractivity contribution in [2.24, 2.45) is 0 Å². The lowest BCUT2D eigenvalue weighted by molar-refractivity contribution is 0.171. The zero-order valence-corrected chi connectivity index (χ0v) is 9.03. The summed E-state index contributed by atoms with van der Waals surface area (Å²) in [6.45, 7) is 7.85. The van der Waals surface area contributed by atoms with Crippen LogP contribution in [0.25, 0.3) is 0 Å². The van der Waals surface area contributed by atoms with E-state index in [1.54, 1.807) is 11.3 Å². The summed E-state index contributed by atoms with van der Waals surface area (Å²) in [4.78, 5) is 1.10. The number of thiophene rings is 1. The molecule has 1 N–H and O–H groups in total. The maximum Gasteiger partial charge on any atom is 0.0887 e. The van der Waals surface area contributed by atoms with Gasteiger partial charge in [-0.3, -0.25) is 0 Å². The Morgan fingerprint density at radius 1 is 1.69 bits per heavy atom. The van der Waals surface area contributed by atoms with Gasteiger partial charge in [-0.1, -0.05) is 5.57 Å². The Kier molecular flexibility index (Phi) is 3.70. The van der Waals surface area contributed by atoms with Gasteiger partial charge in [0.05, 0.1) is 6.10 Å². The van der Waals surface area contributed by atoms with Crippen molar-refractivity contribution in [3.05, 3.63) is 34.0 Å². The molecule has 0 spiro atoms. The van der Waals surface area contributed by atoms with E-state index >= 15 is 0 Å². The molecule has 0 aromatic carbocycles. The van der Waals surface area contributed by atoms with E-state index in [2.05, 4.69) is 6.58 Å². The van der Waals surface area contributed by atoms with Crippen molar-refractivity contribution in [1.29, 1.82) is 0 Å². The number of rotatable bonds is 4. The lowest BCUT2D eigenvalue weighted by Crippen LogP contribution is -1.96. The second kappa shape index (κ2) is 4.58. The summed E-state index contributed by atoms with van der Waals surface area (Å²) in [5.41, 5.74) is 2.33. The monoisotopic (exact) mass is 196 g/mol. The molecule has 0 saturated heterocycles. The van der Waals surface area contributed by atoms with E-state index in [-0.39, 0.29) is 6.10 Å². The largest absolute Gasteiger partial charge is 0.388 e. The topological polar surface area (TPSA) is 20.2 Å². The highest BCUT2D eigenvalue weighted by atomic mass is 32.1. The molecule has 72 valence electrons. The van der Waals surface area contributed by atoms with Crippen molar-refractivity contribution in [3.8, 4) is 0 Å². The van der Waals surface area contributed by atoms with E-state index in [0.29, 0.717) is 0 Å². The van der Waals surface area contributed by atoms with E-state index in [1.807, 2.05) is 25.3 Å². The number of hydrogen-bond acceptors (Lipinski definition) is 2. The predicted molar refractivity (Wildman–Crippen MR) is 58.1 cm³/mol. The Bertz CT molecular complexity index is 288. The Hall–Kier alpha value is -0.600. The van der Waals surface area contributed by atoms with Crippen molar-refractivity contribution < 1.29 is 5.11 Å². The Morgan fingerprint density at radius 3 is 2.85 bits per heavy atom. The highest BCUT2D eigenvalue weighted by Gasteiger charge is 2.10. The van der Waals surface area contributed by atoms with Gasteiger partial charge in [0.2, 0.25) is 0 Å². The first-order valence-electron chi connectivity index (χ1n) is 4.47. The third-order valence-electron chi connectivity index (χ3n) is 2.05. The molecule has 1 aromatic heterocycles. The average molecular weight is 196 g/mol. The summed E-state index contributed by atoms with van der Waals surface area (Å²) >= 11 is 1.63. The van der Waals surface area contributed by atoms with Crippen LogP contribution in [0.3, 0.4) is 0 Å². The molecule has 1 atom stereocenters. The summed E-state index contributed by atoms with van der Waals surface area (Å²) in [7, 11) is 0. The maximum atomic E-state index is 9.81. The molecule has 1 unspecified atom stereocenters. The van der Waals surface area contributed by atoms with Gasteiger partial charge in [0, 0.05) is 4.88 Å². The van der Waals surface area contributed by atoms with E-state index in [4.69, 9.17) is 0 Å². The molecular formula is C11H16OS. The van der Waals surface area contributed by atoms with E-state index in [0.717, 1.165) is 23.3 Å². The third-order valence-corrected chi connectivity index (χ3v) is 3.17. The second-order valence-corrected chi connectivity index (χ2v) is 4.43. The summed E-state index contributed by atoms with van der Waals surface area (Å²) in [6.07, 6.45) is 1.38. The first-order chi connectivity index (χ1) is 6.11. The molecule has 0 amide bonds. The molecule has 0 aliphatic carbocycles. The molecule has 1 nitrogen and oxygen atoms in total. The zero-order valence-electron chi connectivity index (χ0n) is 8.21. The van der Waals surface area contributed by atoms with Gasteiger partial charge in [0.1, 0.15) is 0 Å². The van der Waals surface area contributed by atoms with Crippen LogP contribution in [0.5, 0.6) is 0 Å². The number of allylic oxidation sites excluding steroid dienone is 1. The summed E-state index contributed by atoms with van der Waals surface area (Å²) < 4.78 is 0. The molecule has 1 heterocycles. The van der Waals surface area contributed by atoms with Crippen LogP contribution in [0.4, 0.5) is 0 Å². The number of hydrogen-bond donors (Lipinski definition) is 1. The van der Waals surface area contributed by atoms with Gasteiger partial charge in [0.25, 0.3) is 0 Å². The van der Waals surface area contributed by atoms with Gasteiger partial charge in [-0.05, 0) is 43.7 Å². The van der Waals surface area contributed by atoms with Gasteiger partial charge in [-0.15, -0.1) is 17.9 Å². The smallest absolute Gasteiger partial charge is 0.0887 e. The Balaban J connectivity index is 2.53. The molecule has 1 aromatic rings. The van der Waals surface area contributed by atoms with Crippen LogP contribution in [0.1, 0.15) is 36.3 Å². The van der Waals surface area contributed by atoms with Gasteiger partial charge in [-0.25, -0.2) is 0 Å². The van der Waals surface area contributed by atoms with Crippen molar-refractivity contribution in [2.75, 3.05) is 0 Å². The third kappa shape index (κ3) is 2.98. The van der Waals surface area contributed by atoms with E-state index in [1.165, 1.54) is 5.56 Å². The van der Waals surface area contributed by atoms with Crippen LogP contribution in [0.2, 0.25) is 0 Å². The quantitative estimate of drug-likeness (QED) is 0.731. The Morgan fingerprint density at radius 2 is 2.38 bits per heavy atom. The van der Waals surface area contributed by atoms with Gasteiger partial charge >= 0.3 is 0 Å². The first-order valence-corrected chi connectivity index (χ1v) is 5.35. The molecule has 13 heavy (non-hydrogen) atoms. The fourth-order valence-electron chi connectivity index (χ4n) is 1.24. The van der Waals surface area contributed by atoms with Crippen LogP contribution in [0, 0.1) is 6.92 Å². The molecular weight excluding hydrogens is 180 g/mol. The first kappa shape index (κ1) is 10.5. The molecule has 2 heteroatoms. The lowest BCUT2D eigenvalue weighted by atomic mass is 10.1.